The molecular weight excluding hydrogens is 385 g/mol. The van der Waals surface area contributed by atoms with E-state index < -0.39 is 12.0 Å². The summed E-state index contributed by atoms with van der Waals surface area (Å²) in [5.41, 5.74) is 3.22. The Hall–Kier alpha value is -1.59. The third kappa shape index (κ3) is 5.45. The van der Waals surface area contributed by atoms with Crippen molar-refractivity contribution in [3.8, 4) is 11.1 Å². The van der Waals surface area contributed by atoms with E-state index in [4.69, 9.17) is 21.4 Å². The molecule has 0 radical (unpaired) electrons. The van der Waals surface area contributed by atoms with Crippen LogP contribution in [0.3, 0.4) is 0 Å². The molecule has 0 amide bonds. The van der Waals surface area contributed by atoms with Gasteiger partial charge in [-0.2, -0.15) is 0 Å². The number of nitrogens with zero attached hydrogens (tertiary/aromatic N) is 1. The number of carboxylic acids is 1. The van der Waals surface area contributed by atoms with Crippen molar-refractivity contribution in [1.29, 1.82) is 0 Å². The molecule has 0 aromatic heterocycles. The van der Waals surface area contributed by atoms with Crippen LogP contribution in [0.5, 0.6) is 0 Å². The molecule has 6 heteroatoms. The second-order valence-electron chi connectivity index (χ2n) is 6.70. The highest BCUT2D eigenvalue weighted by molar-refractivity contribution is 6.33. The Bertz CT molecular complexity index is 761. The standard InChI is InChI=1S/C21H24ClNO3.ClH/c1-15(21(24)25)23-12-10-17(11-13-23)26-14-16-6-2-3-7-18(16)19-8-4-5-9-20(19)22;/h2-9,15,17H,10-14H2,1H3,(H,24,25);1H. The van der Waals surface area contributed by atoms with Gasteiger partial charge in [-0.05, 0) is 37.0 Å². The van der Waals surface area contributed by atoms with Crippen LogP contribution in [-0.2, 0) is 16.1 Å². The zero-order valence-electron chi connectivity index (χ0n) is 15.3. The van der Waals surface area contributed by atoms with E-state index >= 15 is 0 Å². The fraction of sp³-hybridized carbons (Fsp3) is 0.381. The first-order valence-corrected chi connectivity index (χ1v) is 9.35. The zero-order valence-corrected chi connectivity index (χ0v) is 16.9. The summed E-state index contributed by atoms with van der Waals surface area (Å²) in [5, 5.41) is 9.86. The largest absolute Gasteiger partial charge is 0.480 e. The third-order valence-corrected chi connectivity index (χ3v) is 5.37. The van der Waals surface area contributed by atoms with E-state index in [2.05, 4.69) is 12.1 Å². The van der Waals surface area contributed by atoms with Crippen molar-refractivity contribution in [2.24, 2.45) is 0 Å². The van der Waals surface area contributed by atoms with Crippen molar-refractivity contribution >= 4 is 30.0 Å². The number of halogens is 2. The third-order valence-electron chi connectivity index (χ3n) is 5.04. The number of hydrogen-bond acceptors (Lipinski definition) is 3. The second-order valence-corrected chi connectivity index (χ2v) is 7.10. The van der Waals surface area contributed by atoms with Crippen molar-refractivity contribution in [3.63, 3.8) is 0 Å². The number of likely N-dealkylation sites (tertiary alicyclic amines) is 1. The van der Waals surface area contributed by atoms with Crippen LogP contribution in [-0.4, -0.2) is 41.2 Å². The average Bonchev–Trinajstić information content (AvgIpc) is 2.67. The lowest BCUT2D eigenvalue weighted by Crippen LogP contribution is -2.45. The minimum absolute atomic E-state index is 0. The van der Waals surface area contributed by atoms with Crippen molar-refractivity contribution in [2.45, 2.75) is 38.5 Å². The van der Waals surface area contributed by atoms with Crippen LogP contribution >= 0.6 is 24.0 Å². The molecule has 2 aromatic carbocycles. The number of rotatable bonds is 6. The van der Waals surface area contributed by atoms with Gasteiger partial charge in [-0.3, -0.25) is 9.69 Å². The highest BCUT2D eigenvalue weighted by Gasteiger charge is 2.26. The summed E-state index contributed by atoms with van der Waals surface area (Å²) >= 11 is 6.36. The molecule has 1 unspecified atom stereocenters. The number of aliphatic carboxylic acids is 1. The lowest BCUT2D eigenvalue weighted by Gasteiger charge is -2.34. The second kappa shape index (κ2) is 10.1. The Morgan fingerprint density at radius 2 is 1.74 bits per heavy atom. The van der Waals surface area contributed by atoms with Crippen LogP contribution in [0, 0.1) is 0 Å². The first-order chi connectivity index (χ1) is 12.6. The van der Waals surface area contributed by atoms with Gasteiger partial charge in [0.2, 0.25) is 0 Å². The zero-order chi connectivity index (χ0) is 18.5. The number of carboxylic acid groups (broad SMARTS) is 1. The van der Waals surface area contributed by atoms with Crippen LogP contribution in [0.4, 0.5) is 0 Å². The molecule has 3 rings (SSSR count). The molecule has 1 heterocycles. The summed E-state index contributed by atoms with van der Waals surface area (Å²) in [4.78, 5) is 13.1. The van der Waals surface area contributed by atoms with Crippen molar-refractivity contribution < 1.29 is 14.6 Å². The first-order valence-electron chi connectivity index (χ1n) is 8.97. The van der Waals surface area contributed by atoms with Gasteiger partial charge in [0.25, 0.3) is 0 Å². The minimum Gasteiger partial charge on any atom is -0.480 e. The molecule has 1 saturated heterocycles. The van der Waals surface area contributed by atoms with Gasteiger partial charge in [-0.15, -0.1) is 12.4 Å². The van der Waals surface area contributed by atoms with E-state index in [1.807, 2.05) is 41.3 Å². The van der Waals surface area contributed by atoms with Crippen molar-refractivity contribution in [2.75, 3.05) is 13.1 Å². The summed E-state index contributed by atoms with van der Waals surface area (Å²) < 4.78 is 6.14. The molecule has 1 N–H and O–H groups in total. The molecule has 1 aliphatic heterocycles. The van der Waals surface area contributed by atoms with E-state index in [1.165, 1.54) is 0 Å². The smallest absolute Gasteiger partial charge is 0.320 e. The summed E-state index contributed by atoms with van der Waals surface area (Å²) in [6, 6.07) is 15.6. The molecule has 4 nitrogen and oxygen atoms in total. The molecule has 1 aliphatic rings. The van der Waals surface area contributed by atoms with Crippen molar-refractivity contribution in [1.82, 2.24) is 4.90 Å². The highest BCUT2D eigenvalue weighted by Crippen LogP contribution is 2.31. The molecule has 1 fully saturated rings. The van der Waals surface area contributed by atoms with E-state index in [1.54, 1.807) is 6.92 Å². The monoisotopic (exact) mass is 409 g/mol. The quantitative estimate of drug-likeness (QED) is 0.737. The number of hydrogen-bond donors (Lipinski definition) is 1. The molecule has 27 heavy (non-hydrogen) atoms. The number of ether oxygens (including phenoxy) is 1. The van der Waals surface area contributed by atoms with Crippen molar-refractivity contribution in [3.05, 3.63) is 59.1 Å². The lowest BCUT2D eigenvalue weighted by atomic mass is 10.00. The predicted octanol–water partition coefficient (Wildman–Crippen LogP) is 4.88. The summed E-state index contributed by atoms with van der Waals surface area (Å²) in [5.74, 6) is -0.766. The predicted molar refractivity (Wildman–Crippen MR) is 111 cm³/mol. The Kier molecular flexibility index (Phi) is 8.11. The van der Waals surface area contributed by atoms with Crippen LogP contribution in [0.1, 0.15) is 25.3 Å². The molecule has 0 aliphatic carbocycles. The Balaban J connectivity index is 0.00000261. The van der Waals surface area contributed by atoms with Gasteiger partial charge in [0.05, 0.1) is 12.7 Å². The van der Waals surface area contributed by atoms with Gasteiger partial charge in [0, 0.05) is 23.7 Å². The number of benzene rings is 2. The first kappa shape index (κ1) is 21.7. The van der Waals surface area contributed by atoms with Gasteiger partial charge in [-0.25, -0.2) is 0 Å². The topological polar surface area (TPSA) is 49.8 Å². The molecule has 146 valence electrons. The Labute approximate surface area is 171 Å². The maximum absolute atomic E-state index is 11.1. The van der Waals surface area contributed by atoms with Crippen LogP contribution in [0.15, 0.2) is 48.5 Å². The average molecular weight is 410 g/mol. The van der Waals surface area contributed by atoms with Gasteiger partial charge in [0.1, 0.15) is 6.04 Å². The summed E-state index contributed by atoms with van der Waals surface area (Å²) in [6.45, 7) is 3.78. The van der Waals surface area contributed by atoms with Crippen LogP contribution in [0.25, 0.3) is 11.1 Å². The summed E-state index contributed by atoms with van der Waals surface area (Å²) in [6.07, 6.45) is 1.86. The fourth-order valence-corrected chi connectivity index (χ4v) is 3.62. The minimum atomic E-state index is -0.766. The Morgan fingerprint density at radius 1 is 1.15 bits per heavy atom. The van der Waals surface area contributed by atoms with Crippen LogP contribution < -0.4 is 0 Å². The lowest BCUT2D eigenvalue weighted by molar-refractivity contribution is -0.143. The van der Waals surface area contributed by atoms with Gasteiger partial charge < -0.3 is 9.84 Å². The van der Waals surface area contributed by atoms with E-state index in [0.717, 1.165) is 47.6 Å². The molecule has 1 atom stereocenters. The summed E-state index contributed by atoms with van der Waals surface area (Å²) in [7, 11) is 0. The molecule has 0 bridgehead atoms. The van der Waals surface area contributed by atoms with Gasteiger partial charge >= 0.3 is 5.97 Å². The van der Waals surface area contributed by atoms with Gasteiger partial charge in [0.15, 0.2) is 0 Å². The fourth-order valence-electron chi connectivity index (χ4n) is 3.38. The normalized spacial score (nSPS) is 16.5. The highest BCUT2D eigenvalue weighted by atomic mass is 35.5. The molecule has 0 saturated carbocycles. The number of piperidine rings is 1. The maximum Gasteiger partial charge on any atom is 0.320 e. The molecule has 2 aromatic rings. The van der Waals surface area contributed by atoms with Crippen LogP contribution in [0.2, 0.25) is 5.02 Å². The van der Waals surface area contributed by atoms with Gasteiger partial charge in [-0.1, -0.05) is 54.1 Å². The van der Waals surface area contributed by atoms with E-state index in [9.17, 15) is 4.79 Å². The molecular formula is C21H25Cl2NO3. The van der Waals surface area contributed by atoms with E-state index in [-0.39, 0.29) is 18.5 Å². The Morgan fingerprint density at radius 3 is 2.37 bits per heavy atom. The SMILES string of the molecule is CC(C(=O)O)N1CCC(OCc2ccccc2-c2ccccc2Cl)CC1.Cl. The molecule has 0 spiro atoms. The maximum atomic E-state index is 11.1. The van der Waals surface area contributed by atoms with E-state index in [0.29, 0.717) is 6.61 Å². The number of carbonyl (C=O) groups is 1.